The smallest absolute Gasteiger partial charge is 0.344 e. The molecule has 5 rings (SSSR count). The maximum atomic E-state index is 15.1. The third-order valence-corrected chi connectivity index (χ3v) is 6.05. The Balaban J connectivity index is 1.66. The van der Waals surface area contributed by atoms with Crippen LogP contribution in [-0.2, 0) is 11.3 Å². The highest BCUT2D eigenvalue weighted by Gasteiger charge is 2.26. The summed E-state index contributed by atoms with van der Waals surface area (Å²) in [5.41, 5.74) is 5.10. The van der Waals surface area contributed by atoms with Gasteiger partial charge in [-0.25, -0.2) is 22.9 Å². The minimum absolute atomic E-state index is 0.00325. The number of nitrogens with two attached hydrogens (primary N) is 1. The number of carbonyl (C=O) groups excluding carboxylic acids is 1. The van der Waals surface area contributed by atoms with Crippen LogP contribution in [0, 0.1) is 17.5 Å². The first kappa shape index (κ1) is 23.6. The molecule has 2 N–H and O–H groups in total. The van der Waals surface area contributed by atoms with Gasteiger partial charge in [-0.1, -0.05) is 30.3 Å². The first-order chi connectivity index (χ1) is 17.3. The summed E-state index contributed by atoms with van der Waals surface area (Å²) in [6, 6.07) is 12.7. The van der Waals surface area contributed by atoms with Gasteiger partial charge >= 0.3 is 5.97 Å². The van der Waals surface area contributed by atoms with Crippen LogP contribution in [0.4, 0.5) is 19.0 Å². The summed E-state index contributed by atoms with van der Waals surface area (Å²) >= 11 is 0. The third kappa shape index (κ3) is 4.42. The van der Waals surface area contributed by atoms with Crippen LogP contribution in [0.2, 0.25) is 0 Å². The summed E-state index contributed by atoms with van der Waals surface area (Å²) in [6.07, 6.45) is 1.54. The number of halogens is 3. The lowest BCUT2D eigenvalue weighted by atomic mass is 10.0. The van der Waals surface area contributed by atoms with Crippen molar-refractivity contribution in [3.63, 3.8) is 0 Å². The monoisotopic (exact) mass is 494 g/mol. The van der Waals surface area contributed by atoms with Crippen molar-refractivity contribution in [1.82, 2.24) is 9.38 Å². The van der Waals surface area contributed by atoms with Gasteiger partial charge in [0.15, 0.2) is 11.6 Å². The van der Waals surface area contributed by atoms with E-state index in [2.05, 4.69) is 4.98 Å². The molecule has 3 heterocycles. The first-order valence-corrected chi connectivity index (χ1v) is 11.2. The van der Waals surface area contributed by atoms with Crippen molar-refractivity contribution in [2.75, 3.05) is 18.0 Å². The van der Waals surface area contributed by atoms with Gasteiger partial charge in [0.2, 0.25) is 0 Å². The molecule has 2 aromatic carbocycles. The Bertz CT molecular complexity index is 1520. The van der Waals surface area contributed by atoms with Gasteiger partial charge in [-0.3, -0.25) is 9.20 Å². The van der Waals surface area contributed by atoms with Crippen molar-refractivity contribution in [2.24, 2.45) is 5.73 Å². The fourth-order valence-electron chi connectivity index (χ4n) is 4.24. The Morgan fingerprint density at radius 2 is 1.83 bits per heavy atom. The van der Waals surface area contributed by atoms with Gasteiger partial charge in [0.25, 0.3) is 5.56 Å². The van der Waals surface area contributed by atoms with E-state index in [1.807, 2.05) is 0 Å². The van der Waals surface area contributed by atoms with Crippen LogP contribution in [0.15, 0.2) is 65.6 Å². The average Bonchev–Trinajstić information content (AvgIpc) is 3.30. The number of ether oxygens (including phenoxy) is 1. The zero-order chi connectivity index (χ0) is 25.4. The fourth-order valence-corrected chi connectivity index (χ4v) is 4.24. The van der Waals surface area contributed by atoms with Gasteiger partial charge in [-0.2, -0.15) is 0 Å². The van der Waals surface area contributed by atoms with Crippen LogP contribution in [0.5, 0.6) is 0 Å². The molecular formula is C26H21F3N4O3. The second kappa shape index (κ2) is 9.46. The van der Waals surface area contributed by atoms with E-state index < -0.39 is 34.5 Å². The molecule has 1 aliphatic rings. The molecular weight excluding hydrogens is 473 g/mol. The van der Waals surface area contributed by atoms with Crippen molar-refractivity contribution in [3.8, 4) is 11.1 Å². The Morgan fingerprint density at radius 1 is 1.06 bits per heavy atom. The van der Waals surface area contributed by atoms with E-state index >= 15 is 4.39 Å². The molecule has 0 spiro atoms. The molecule has 0 saturated carbocycles. The van der Waals surface area contributed by atoms with Crippen LogP contribution >= 0.6 is 0 Å². The maximum absolute atomic E-state index is 15.1. The number of carbonyl (C=O) groups is 1. The minimum Gasteiger partial charge on any atom is -0.457 e. The van der Waals surface area contributed by atoms with Gasteiger partial charge < -0.3 is 15.4 Å². The van der Waals surface area contributed by atoms with E-state index in [9.17, 15) is 18.4 Å². The fraction of sp³-hybridized carbons (Fsp3) is 0.192. The summed E-state index contributed by atoms with van der Waals surface area (Å²) in [4.78, 5) is 32.1. The third-order valence-electron chi connectivity index (χ3n) is 6.05. The predicted molar refractivity (Wildman–Crippen MR) is 127 cm³/mol. The average molecular weight is 494 g/mol. The lowest BCUT2D eigenvalue weighted by molar-refractivity contribution is 0.0470. The summed E-state index contributed by atoms with van der Waals surface area (Å²) < 4.78 is 49.7. The predicted octanol–water partition coefficient (Wildman–Crippen LogP) is 3.67. The topological polar surface area (TPSA) is 89.9 Å². The molecule has 1 atom stereocenters. The molecule has 10 heteroatoms. The van der Waals surface area contributed by atoms with E-state index in [1.165, 1.54) is 6.07 Å². The highest BCUT2D eigenvalue weighted by Crippen LogP contribution is 2.30. The molecule has 184 valence electrons. The van der Waals surface area contributed by atoms with Gasteiger partial charge in [0.1, 0.15) is 29.5 Å². The van der Waals surface area contributed by atoms with E-state index in [0.29, 0.717) is 31.1 Å². The molecule has 36 heavy (non-hydrogen) atoms. The number of fused-ring (bicyclic) bond motifs is 1. The quantitative estimate of drug-likeness (QED) is 0.426. The second-order valence-electron chi connectivity index (χ2n) is 8.56. The zero-order valence-corrected chi connectivity index (χ0v) is 19.0. The molecule has 1 fully saturated rings. The minimum atomic E-state index is -0.975. The molecule has 0 aliphatic carbocycles. The summed E-state index contributed by atoms with van der Waals surface area (Å²) in [5, 5.41) is 0. The van der Waals surface area contributed by atoms with Crippen LogP contribution in [0.3, 0.4) is 0 Å². The molecule has 7 nitrogen and oxygen atoms in total. The molecule has 0 amide bonds. The molecule has 0 bridgehead atoms. The maximum Gasteiger partial charge on any atom is 0.344 e. The highest BCUT2D eigenvalue weighted by molar-refractivity contribution is 5.93. The van der Waals surface area contributed by atoms with E-state index in [-0.39, 0.29) is 35.2 Å². The number of anilines is 1. The Kier molecular flexibility index (Phi) is 6.19. The number of hydrogen-bond donors (Lipinski definition) is 1. The molecule has 1 aliphatic heterocycles. The molecule has 0 radical (unpaired) electrons. The van der Waals surface area contributed by atoms with Crippen molar-refractivity contribution in [2.45, 2.75) is 19.1 Å². The Hall–Kier alpha value is -4.18. The van der Waals surface area contributed by atoms with Crippen molar-refractivity contribution in [3.05, 3.63) is 99.7 Å². The summed E-state index contributed by atoms with van der Waals surface area (Å²) in [7, 11) is 0. The number of esters is 1. The second-order valence-corrected chi connectivity index (χ2v) is 8.56. The molecule has 4 aromatic rings. The van der Waals surface area contributed by atoms with Gasteiger partial charge in [-0.15, -0.1) is 0 Å². The van der Waals surface area contributed by atoms with Gasteiger partial charge in [-0.05, 0) is 30.2 Å². The standard InChI is InChI=1S/C26H21F3N4O3/c27-16-6-7-18(21(28)10-16)19-11-20(26(35)36-14-15-4-2-1-3-5-15)25(34)33-13-22(29)24(31-23(19)33)32-9-8-17(30)12-32/h1-7,10-11,13,17H,8-9,12,14,30H2. The van der Waals surface area contributed by atoms with Crippen molar-refractivity contribution < 1.29 is 22.7 Å². The van der Waals surface area contributed by atoms with Gasteiger partial charge in [0.05, 0.1) is 6.20 Å². The highest BCUT2D eigenvalue weighted by atomic mass is 19.1. The number of benzene rings is 2. The molecule has 2 aromatic heterocycles. The van der Waals surface area contributed by atoms with Crippen LogP contribution in [0.1, 0.15) is 22.3 Å². The molecule has 1 unspecified atom stereocenters. The number of hydrogen-bond acceptors (Lipinski definition) is 6. The van der Waals surface area contributed by atoms with E-state index in [1.54, 1.807) is 35.2 Å². The van der Waals surface area contributed by atoms with E-state index in [4.69, 9.17) is 10.5 Å². The van der Waals surface area contributed by atoms with Crippen LogP contribution < -0.4 is 16.2 Å². The molecule has 1 saturated heterocycles. The Morgan fingerprint density at radius 3 is 2.53 bits per heavy atom. The van der Waals surface area contributed by atoms with Gasteiger partial charge in [0, 0.05) is 36.3 Å². The van der Waals surface area contributed by atoms with E-state index in [0.717, 1.165) is 22.7 Å². The number of nitrogens with zero attached hydrogens (tertiary/aromatic N) is 3. The lowest BCUT2D eigenvalue weighted by Crippen LogP contribution is -2.29. The summed E-state index contributed by atoms with van der Waals surface area (Å²) in [5.74, 6) is -3.57. The largest absolute Gasteiger partial charge is 0.457 e. The van der Waals surface area contributed by atoms with Crippen molar-refractivity contribution in [1.29, 1.82) is 0 Å². The Labute approximate surface area is 203 Å². The normalized spacial score (nSPS) is 15.4. The SMILES string of the molecule is NC1CCN(c2nc3c(-c4ccc(F)cc4F)cc(C(=O)OCc4ccccc4)c(=O)n3cc2F)C1. The number of aromatic nitrogens is 2. The van der Waals surface area contributed by atoms with Crippen LogP contribution in [0.25, 0.3) is 16.8 Å². The lowest BCUT2D eigenvalue weighted by Gasteiger charge is -2.19. The van der Waals surface area contributed by atoms with Crippen molar-refractivity contribution >= 4 is 17.4 Å². The zero-order valence-electron chi connectivity index (χ0n) is 19.0. The number of pyridine rings is 1. The van der Waals surface area contributed by atoms with Crippen LogP contribution in [-0.4, -0.2) is 34.5 Å². The number of rotatable bonds is 5. The summed E-state index contributed by atoms with van der Waals surface area (Å²) in [6.45, 7) is 0.701. The first-order valence-electron chi connectivity index (χ1n) is 11.2.